The lowest BCUT2D eigenvalue weighted by atomic mass is 9.84. The molecule has 1 aliphatic rings. The van der Waals surface area contributed by atoms with Crippen molar-refractivity contribution in [2.24, 2.45) is 0 Å². The first-order valence-electron chi connectivity index (χ1n) is 11.1. The Balaban J connectivity index is 2.12. The lowest BCUT2D eigenvalue weighted by Crippen LogP contribution is -2.46. The second-order valence-corrected chi connectivity index (χ2v) is 11.2. The van der Waals surface area contributed by atoms with Gasteiger partial charge in [0.25, 0.3) is 0 Å². The van der Waals surface area contributed by atoms with Crippen LogP contribution in [0.5, 0.6) is 5.75 Å². The smallest absolute Gasteiger partial charge is 0.336 e. The molecule has 1 fully saturated rings. The number of carboxylic acid groups (broad SMARTS) is 1. The molecule has 10 heteroatoms. The maximum Gasteiger partial charge on any atom is 0.336 e. The van der Waals surface area contributed by atoms with Crippen molar-refractivity contribution >= 4 is 45.6 Å². The van der Waals surface area contributed by atoms with E-state index in [-0.39, 0.29) is 22.7 Å². The number of carboxylic acids is 1. The van der Waals surface area contributed by atoms with Gasteiger partial charge in [0.05, 0.1) is 18.9 Å². The predicted molar refractivity (Wildman–Crippen MR) is 138 cm³/mol. The fourth-order valence-corrected chi connectivity index (χ4v) is 4.47. The van der Waals surface area contributed by atoms with Gasteiger partial charge in [-0.3, -0.25) is 9.62 Å². The Morgan fingerprint density at radius 2 is 1.86 bits per heavy atom. The van der Waals surface area contributed by atoms with Crippen molar-refractivity contribution in [3.63, 3.8) is 0 Å². The Kier molecular flexibility index (Phi) is 7.44. The number of carbonyl (C=O) groups is 2. The van der Waals surface area contributed by atoms with E-state index in [4.69, 9.17) is 4.74 Å². The third kappa shape index (κ3) is 6.33. The van der Waals surface area contributed by atoms with Gasteiger partial charge < -0.3 is 15.2 Å². The minimum Gasteiger partial charge on any atom is -0.496 e. The molecule has 1 heterocycles. The van der Waals surface area contributed by atoms with Crippen molar-refractivity contribution in [2.45, 2.75) is 32.6 Å². The van der Waals surface area contributed by atoms with Crippen LogP contribution in [0.2, 0.25) is 0 Å². The molecule has 2 amide bonds. The van der Waals surface area contributed by atoms with E-state index < -0.39 is 16.0 Å². The Morgan fingerprint density at radius 1 is 1.17 bits per heavy atom. The van der Waals surface area contributed by atoms with Crippen LogP contribution in [0.4, 0.5) is 16.2 Å². The number of urea groups is 1. The van der Waals surface area contributed by atoms with E-state index in [0.29, 0.717) is 30.0 Å². The van der Waals surface area contributed by atoms with Crippen LogP contribution < -0.4 is 19.7 Å². The zero-order chi connectivity index (χ0) is 26.0. The number of benzene rings is 2. The number of ether oxygens (including phenoxy) is 1. The van der Waals surface area contributed by atoms with E-state index >= 15 is 0 Å². The zero-order valence-electron chi connectivity index (χ0n) is 20.5. The highest BCUT2D eigenvalue weighted by atomic mass is 32.2. The Bertz CT molecular complexity index is 1280. The molecule has 0 unspecified atom stereocenters. The molecular formula is C25H31N3O6S. The summed E-state index contributed by atoms with van der Waals surface area (Å²) in [5.74, 6) is -0.565. The molecule has 0 aromatic heterocycles. The van der Waals surface area contributed by atoms with Crippen LogP contribution in [0.15, 0.2) is 30.3 Å². The number of anilines is 2. The van der Waals surface area contributed by atoms with Crippen LogP contribution in [-0.4, -0.2) is 52.0 Å². The van der Waals surface area contributed by atoms with Crippen LogP contribution in [-0.2, 0) is 15.4 Å². The normalized spacial score (nSPS) is 14.7. The quantitative estimate of drug-likeness (QED) is 0.490. The van der Waals surface area contributed by atoms with Gasteiger partial charge in [0.15, 0.2) is 0 Å². The summed E-state index contributed by atoms with van der Waals surface area (Å²) in [5.41, 5.74) is 2.51. The fourth-order valence-electron chi connectivity index (χ4n) is 3.92. The van der Waals surface area contributed by atoms with Crippen molar-refractivity contribution in [3.05, 3.63) is 52.6 Å². The van der Waals surface area contributed by atoms with Gasteiger partial charge in [-0.05, 0) is 41.7 Å². The maximum absolute atomic E-state index is 12.5. The number of amides is 2. The monoisotopic (exact) mass is 501 g/mol. The minimum atomic E-state index is -3.55. The lowest BCUT2D eigenvalue weighted by Gasteiger charge is -2.31. The van der Waals surface area contributed by atoms with Crippen molar-refractivity contribution < 1.29 is 27.9 Å². The molecule has 0 atom stereocenters. The van der Waals surface area contributed by atoms with Gasteiger partial charge >= 0.3 is 12.0 Å². The average Bonchev–Trinajstić information content (AvgIpc) is 2.76. The number of aromatic carboxylic acids is 1. The largest absolute Gasteiger partial charge is 0.496 e. The summed E-state index contributed by atoms with van der Waals surface area (Å²) >= 11 is 0. The number of hydrogen-bond acceptors (Lipinski definition) is 5. The fraction of sp³-hybridized carbons (Fsp3) is 0.360. The summed E-state index contributed by atoms with van der Waals surface area (Å²) in [5, 5.41) is 12.6. The molecule has 0 saturated carbocycles. The van der Waals surface area contributed by atoms with Crippen LogP contribution in [0.1, 0.15) is 54.2 Å². The van der Waals surface area contributed by atoms with E-state index in [1.807, 2.05) is 12.1 Å². The van der Waals surface area contributed by atoms with Gasteiger partial charge in [-0.1, -0.05) is 39.0 Å². The lowest BCUT2D eigenvalue weighted by molar-refractivity contribution is 0.0696. The summed E-state index contributed by atoms with van der Waals surface area (Å²) < 4.78 is 31.1. The number of sulfonamides is 1. The first kappa shape index (κ1) is 26.1. The Hall–Kier alpha value is -3.53. The maximum atomic E-state index is 12.5. The molecule has 188 valence electrons. The second kappa shape index (κ2) is 9.99. The van der Waals surface area contributed by atoms with Gasteiger partial charge in [-0.25, -0.2) is 18.0 Å². The number of nitrogens with zero attached hydrogens (tertiary/aromatic N) is 1. The molecular weight excluding hydrogens is 470 g/mol. The van der Waals surface area contributed by atoms with E-state index in [0.717, 1.165) is 23.9 Å². The summed E-state index contributed by atoms with van der Waals surface area (Å²) in [6.45, 7) is 7.37. The van der Waals surface area contributed by atoms with Gasteiger partial charge in [0, 0.05) is 35.6 Å². The third-order valence-corrected chi connectivity index (χ3v) is 6.14. The first-order chi connectivity index (χ1) is 16.3. The molecule has 9 nitrogen and oxygen atoms in total. The molecule has 0 spiro atoms. The summed E-state index contributed by atoms with van der Waals surface area (Å²) in [6, 6.07) is 7.94. The molecule has 1 aliphatic heterocycles. The van der Waals surface area contributed by atoms with Crippen molar-refractivity contribution in [1.29, 1.82) is 0 Å². The van der Waals surface area contributed by atoms with Crippen LogP contribution in [0.3, 0.4) is 0 Å². The molecule has 3 rings (SSSR count). The molecule has 0 aliphatic carbocycles. The van der Waals surface area contributed by atoms with Crippen molar-refractivity contribution in [2.75, 3.05) is 36.1 Å². The van der Waals surface area contributed by atoms with Crippen molar-refractivity contribution in [1.82, 2.24) is 5.32 Å². The van der Waals surface area contributed by atoms with Gasteiger partial charge in [0.1, 0.15) is 5.75 Å². The summed E-state index contributed by atoms with van der Waals surface area (Å²) in [7, 11) is -1.98. The number of carbonyl (C=O) groups excluding carboxylic acids is 1. The van der Waals surface area contributed by atoms with Crippen molar-refractivity contribution in [3.8, 4) is 5.75 Å². The molecule has 0 bridgehead atoms. The Labute approximate surface area is 205 Å². The highest BCUT2D eigenvalue weighted by Crippen LogP contribution is 2.39. The van der Waals surface area contributed by atoms with E-state index in [1.54, 1.807) is 24.2 Å². The molecule has 2 aromatic rings. The number of nitrogens with one attached hydrogen (secondary N) is 2. The van der Waals surface area contributed by atoms with E-state index in [1.165, 1.54) is 18.2 Å². The van der Waals surface area contributed by atoms with Gasteiger partial charge in [-0.15, -0.1) is 0 Å². The number of rotatable bonds is 7. The second-order valence-electron chi connectivity index (χ2n) is 9.42. The molecule has 0 radical (unpaired) electrons. The SMILES string of the molecule is COc1c(C=Cc2ccc(NS(C)(=O)=O)cc2C(=O)O)cc(N2CCCNC2=O)cc1C(C)(C)C. The first-order valence-corrected chi connectivity index (χ1v) is 13.0. The topological polar surface area (TPSA) is 125 Å². The van der Waals surface area contributed by atoms with E-state index in [9.17, 15) is 23.1 Å². The van der Waals surface area contributed by atoms with Gasteiger partial charge in [0.2, 0.25) is 10.0 Å². The standard InChI is InChI=1S/C25H31N3O6S/c1-25(2,3)21-15-19(28-12-6-11-26-24(28)31)13-17(22(21)34-4)8-7-16-9-10-18(27-35(5,32)33)14-20(16)23(29)30/h7-10,13-15,27H,6,11-12H2,1-5H3,(H,26,31)(H,29,30). The zero-order valence-corrected chi connectivity index (χ0v) is 21.3. The highest BCUT2D eigenvalue weighted by Gasteiger charge is 2.26. The van der Waals surface area contributed by atoms with Crippen LogP contribution in [0, 0.1) is 0 Å². The predicted octanol–water partition coefficient (Wildman–Crippen LogP) is 4.15. The Morgan fingerprint density at radius 3 is 2.43 bits per heavy atom. The van der Waals surface area contributed by atoms with Crippen LogP contribution >= 0.6 is 0 Å². The highest BCUT2D eigenvalue weighted by molar-refractivity contribution is 7.92. The molecule has 1 saturated heterocycles. The van der Waals surface area contributed by atoms with Crippen LogP contribution in [0.25, 0.3) is 12.2 Å². The summed E-state index contributed by atoms with van der Waals surface area (Å²) in [4.78, 5) is 26.1. The molecule has 3 N–H and O–H groups in total. The average molecular weight is 502 g/mol. The molecule has 2 aromatic carbocycles. The summed E-state index contributed by atoms with van der Waals surface area (Å²) in [6.07, 6.45) is 5.20. The third-order valence-electron chi connectivity index (χ3n) is 5.54. The molecule has 35 heavy (non-hydrogen) atoms. The van der Waals surface area contributed by atoms with Gasteiger partial charge in [-0.2, -0.15) is 0 Å². The number of methoxy groups -OCH3 is 1. The minimum absolute atomic E-state index is 0.0588. The van der Waals surface area contributed by atoms with E-state index in [2.05, 4.69) is 30.8 Å². The number of hydrogen-bond donors (Lipinski definition) is 3.